The molecule has 1 aromatic carbocycles. The molecule has 7 heteroatoms. The number of primary amides is 1. The van der Waals surface area contributed by atoms with E-state index in [2.05, 4.69) is 28.6 Å². The van der Waals surface area contributed by atoms with Crippen LogP contribution in [0.4, 0.5) is 0 Å². The summed E-state index contributed by atoms with van der Waals surface area (Å²) in [7, 11) is 1.64. The van der Waals surface area contributed by atoms with Gasteiger partial charge in [-0.05, 0) is 38.1 Å². The first kappa shape index (κ1) is 16.4. The molecular formula is C15H20N4O2S. The topological polar surface area (TPSA) is 83.0 Å². The Bertz CT molecular complexity index is 637. The second kappa shape index (κ2) is 7.31. The monoisotopic (exact) mass is 320 g/mol. The third-order valence-electron chi connectivity index (χ3n) is 3.11. The van der Waals surface area contributed by atoms with Gasteiger partial charge in [0.25, 0.3) is 0 Å². The Labute approximate surface area is 134 Å². The van der Waals surface area contributed by atoms with Crippen LogP contribution in [0.5, 0.6) is 5.75 Å². The predicted octanol–water partition coefficient (Wildman–Crippen LogP) is 2.50. The highest BCUT2D eigenvalue weighted by molar-refractivity contribution is 7.99. The Kier molecular flexibility index (Phi) is 5.43. The molecule has 0 radical (unpaired) electrons. The van der Waals surface area contributed by atoms with E-state index in [4.69, 9.17) is 10.5 Å². The maximum Gasteiger partial charge on any atom is 0.218 e. The van der Waals surface area contributed by atoms with Crippen LogP contribution in [0.2, 0.25) is 0 Å². The van der Waals surface area contributed by atoms with E-state index in [-0.39, 0.29) is 11.9 Å². The Morgan fingerprint density at radius 3 is 2.55 bits per heavy atom. The van der Waals surface area contributed by atoms with Crippen LogP contribution in [-0.2, 0) is 4.79 Å². The first-order valence-corrected chi connectivity index (χ1v) is 8.02. The van der Waals surface area contributed by atoms with Crippen molar-refractivity contribution in [1.82, 2.24) is 14.8 Å². The number of amides is 1. The number of ether oxygens (including phenoxy) is 1. The van der Waals surface area contributed by atoms with Gasteiger partial charge >= 0.3 is 0 Å². The van der Waals surface area contributed by atoms with Gasteiger partial charge in [0.1, 0.15) is 5.75 Å². The van der Waals surface area contributed by atoms with Gasteiger partial charge in [-0.2, -0.15) is 0 Å². The number of carbonyl (C=O) groups excluding carboxylic acids is 1. The number of hydrogen-bond acceptors (Lipinski definition) is 5. The summed E-state index contributed by atoms with van der Waals surface area (Å²) in [5.41, 5.74) is 6.15. The summed E-state index contributed by atoms with van der Waals surface area (Å²) in [5, 5.41) is 9.34. The van der Waals surface area contributed by atoms with Crippen LogP contribution in [0, 0.1) is 0 Å². The number of methoxy groups -OCH3 is 1. The molecule has 0 aliphatic carbocycles. The molecule has 1 amide bonds. The lowest BCUT2D eigenvalue weighted by molar-refractivity contribution is -0.117. The fourth-order valence-electron chi connectivity index (χ4n) is 2.02. The van der Waals surface area contributed by atoms with E-state index in [9.17, 15) is 4.79 Å². The Hall–Kier alpha value is -2.02. The molecule has 118 valence electrons. The molecule has 0 fully saturated rings. The highest BCUT2D eigenvalue weighted by Gasteiger charge is 2.16. The fourth-order valence-corrected chi connectivity index (χ4v) is 3.04. The van der Waals surface area contributed by atoms with Crippen LogP contribution in [0.1, 0.15) is 26.3 Å². The highest BCUT2D eigenvalue weighted by Crippen LogP contribution is 2.28. The largest absolute Gasteiger partial charge is 0.497 e. The molecule has 0 aliphatic heterocycles. The number of thioether (sulfide) groups is 1. The molecule has 1 heterocycles. The van der Waals surface area contributed by atoms with E-state index in [1.807, 2.05) is 24.3 Å². The van der Waals surface area contributed by atoms with Gasteiger partial charge in [-0.15, -0.1) is 10.2 Å². The maximum atomic E-state index is 10.8. The second-order valence-electron chi connectivity index (χ2n) is 5.06. The number of benzene rings is 1. The van der Waals surface area contributed by atoms with Gasteiger partial charge in [0.2, 0.25) is 5.91 Å². The molecule has 0 aliphatic rings. The molecule has 0 atom stereocenters. The van der Waals surface area contributed by atoms with Crippen LogP contribution in [-0.4, -0.2) is 33.5 Å². The lowest BCUT2D eigenvalue weighted by Gasteiger charge is -2.13. The molecule has 2 N–H and O–H groups in total. The van der Waals surface area contributed by atoms with Gasteiger partial charge in [-0.25, -0.2) is 0 Å². The number of carbonyl (C=O) groups is 1. The van der Waals surface area contributed by atoms with Gasteiger partial charge in [-0.1, -0.05) is 11.8 Å². The molecule has 6 nitrogen and oxygen atoms in total. The summed E-state index contributed by atoms with van der Waals surface area (Å²) in [6.07, 6.45) is 0.327. The number of rotatable bonds is 7. The average molecular weight is 320 g/mol. The van der Waals surface area contributed by atoms with E-state index in [1.165, 1.54) is 11.8 Å². The van der Waals surface area contributed by atoms with Crippen molar-refractivity contribution in [1.29, 1.82) is 0 Å². The van der Waals surface area contributed by atoms with Crippen LogP contribution < -0.4 is 10.5 Å². The molecule has 0 saturated carbocycles. The standard InChI is InChI=1S/C15H20N4O2S/c1-10(2)19-14(11-4-6-12(21-3)7-5-11)17-18-15(19)22-9-8-13(16)20/h4-7,10H,8-9H2,1-3H3,(H2,16,20). The number of nitrogens with zero attached hydrogens (tertiary/aromatic N) is 3. The van der Waals surface area contributed by atoms with Crippen molar-refractivity contribution >= 4 is 17.7 Å². The third kappa shape index (κ3) is 3.79. The first-order valence-electron chi connectivity index (χ1n) is 7.03. The van der Waals surface area contributed by atoms with Gasteiger partial charge < -0.3 is 10.5 Å². The summed E-state index contributed by atoms with van der Waals surface area (Å²) in [6.45, 7) is 4.16. The van der Waals surface area contributed by atoms with E-state index >= 15 is 0 Å². The van der Waals surface area contributed by atoms with Crippen LogP contribution in [0.15, 0.2) is 29.4 Å². The second-order valence-corrected chi connectivity index (χ2v) is 6.13. The number of nitrogens with two attached hydrogens (primary N) is 1. The van der Waals surface area contributed by atoms with E-state index in [0.29, 0.717) is 12.2 Å². The van der Waals surface area contributed by atoms with Crippen LogP contribution in [0.3, 0.4) is 0 Å². The smallest absolute Gasteiger partial charge is 0.218 e. The van der Waals surface area contributed by atoms with Crippen molar-refractivity contribution in [2.24, 2.45) is 5.73 Å². The molecule has 0 saturated heterocycles. The van der Waals surface area contributed by atoms with E-state index in [0.717, 1.165) is 22.3 Å². The van der Waals surface area contributed by atoms with Crippen LogP contribution >= 0.6 is 11.8 Å². The minimum absolute atomic E-state index is 0.211. The van der Waals surface area contributed by atoms with Crippen LogP contribution in [0.25, 0.3) is 11.4 Å². The quantitative estimate of drug-likeness (QED) is 0.793. The molecule has 0 bridgehead atoms. The Morgan fingerprint density at radius 2 is 2.00 bits per heavy atom. The van der Waals surface area contributed by atoms with Crippen molar-refractivity contribution in [3.8, 4) is 17.1 Å². The predicted molar refractivity (Wildman–Crippen MR) is 86.9 cm³/mol. The van der Waals surface area contributed by atoms with Crippen molar-refractivity contribution in [2.45, 2.75) is 31.5 Å². The zero-order chi connectivity index (χ0) is 16.1. The average Bonchev–Trinajstić information content (AvgIpc) is 2.91. The zero-order valence-electron chi connectivity index (χ0n) is 12.9. The first-order chi connectivity index (χ1) is 10.5. The molecule has 0 unspecified atom stereocenters. The Morgan fingerprint density at radius 1 is 1.32 bits per heavy atom. The SMILES string of the molecule is COc1ccc(-c2nnc(SCCC(N)=O)n2C(C)C)cc1. The maximum absolute atomic E-state index is 10.8. The number of hydrogen-bond donors (Lipinski definition) is 1. The lowest BCUT2D eigenvalue weighted by Crippen LogP contribution is -2.11. The normalized spacial score (nSPS) is 10.9. The summed E-state index contributed by atoms with van der Waals surface area (Å²) in [4.78, 5) is 10.8. The summed E-state index contributed by atoms with van der Waals surface area (Å²) >= 11 is 1.49. The Balaban J connectivity index is 2.27. The molecular weight excluding hydrogens is 300 g/mol. The lowest BCUT2D eigenvalue weighted by atomic mass is 10.2. The fraction of sp³-hybridized carbons (Fsp3) is 0.400. The van der Waals surface area contributed by atoms with Crippen molar-refractivity contribution in [3.05, 3.63) is 24.3 Å². The summed E-state index contributed by atoms with van der Waals surface area (Å²) in [5.74, 6) is 1.90. The number of aromatic nitrogens is 3. The van der Waals surface area contributed by atoms with Crippen molar-refractivity contribution < 1.29 is 9.53 Å². The molecule has 2 aromatic rings. The summed E-state index contributed by atoms with van der Waals surface area (Å²) in [6, 6.07) is 7.92. The van der Waals surface area contributed by atoms with Crippen molar-refractivity contribution in [3.63, 3.8) is 0 Å². The summed E-state index contributed by atoms with van der Waals surface area (Å²) < 4.78 is 7.24. The van der Waals surface area contributed by atoms with Gasteiger partial charge in [0.15, 0.2) is 11.0 Å². The van der Waals surface area contributed by atoms with Gasteiger partial charge in [0.05, 0.1) is 7.11 Å². The van der Waals surface area contributed by atoms with E-state index in [1.54, 1.807) is 7.11 Å². The highest BCUT2D eigenvalue weighted by atomic mass is 32.2. The minimum Gasteiger partial charge on any atom is -0.497 e. The molecule has 1 aromatic heterocycles. The molecule has 2 rings (SSSR count). The zero-order valence-corrected chi connectivity index (χ0v) is 13.8. The van der Waals surface area contributed by atoms with Gasteiger partial charge in [0, 0.05) is 23.8 Å². The molecule has 22 heavy (non-hydrogen) atoms. The van der Waals surface area contributed by atoms with Gasteiger partial charge in [-0.3, -0.25) is 9.36 Å². The van der Waals surface area contributed by atoms with E-state index < -0.39 is 0 Å². The minimum atomic E-state index is -0.307. The third-order valence-corrected chi connectivity index (χ3v) is 4.05. The van der Waals surface area contributed by atoms with Crippen molar-refractivity contribution in [2.75, 3.05) is 12.9 Å². The molecule has 0 spiro atoms.